The molecule has 0 saturated heterocycles. The maximum atomic E-state index is 6.02. The van der Waals surface area contributed by atoms with Gasteiger partial charge in [-0.2, -0.15) is 0 Å². The van der Waals surface area contributed by atoms with E-state index in [1.165, 1.54) is 0 Å². The SMILES string of the molecule is COCOC(OC)c1c(I)cc2ccccc2c1-c1c([C@@H](OC)OCOC)c(I)cc2ccccc12. The van der Waals surface area contributed by atoms with Gasteiger partial charge in [-0.05, 0) is 90.0 Å². The molecule has 4 aromatic rings. The fraction of sp³-hybridized carbons (Fsp3) is 0.286. The summed E-state index contributed by atoms with van der Waals surface area (Å²) in [7, 11) is 6.48. The van der Waals surface area contributed by atoms with Crippen LogP contribution in [0.1, 0.15) is 23.7 Å². The number of hydrogen-bond donors (Lipinski definition) is 0. The zero-order chi connectivity index (χ0) is 25.7. The van der Waals surface area contributed by atoms with Gasteiger partial charge in [0.25, 0.3) is 0 Å². The fourth-order valence-corrected chi connectivity index (χ4v) is 6.18. The summed E-state index contributed by atoms with van der Waals surface area (Å²) >= 11 is 4.72. The Morgan fingerprint density at radius 1 is 0.611 bits per heavy atom. The molecule has 0 spiro atoms. The largest absolute Gasteiger partial charge is 0.359 e. The van der Waals surface area contributed by atoms with Crippen molar-refractivity contribution in [2.24, 2.45) is 0 Å². The predicted molar refractivity (Wildman–Crippen MR) is 158 cm³/mol. The summed E-state index contributed by atoms with van der Waals surface area (Å²) in [5.74, 6) is 0. The monoisotopic (exact) mass is 714 g/mol. The van der Waals surface area contributed by atoms with Gasteiger partial charge in [0.2, 0.25) is 0 Å². The molecule has 8 heteroatoms. The van der Waals surface area contributed by atoms with Crippen LogP contribution in [0.4, 0.5) is 0 Å². The second-order valence-corrected chi connectivity index (χ2v) is 10.3. The van der Waals surface area contributed by atoms with Crippen molar-refractivity contribution >= 4 is 66.7 Å². The van der Waals surface area contributed by atoms with Gasteiger partial charge < -0.3 is 28.4 Å². The Labute approximate surface area is 238 Å². The van der Waals surface area contributed by atoms with Crippen LogP contribution in [0.3, 0.4) is 0 Å². The third-order valence-corrected chi connectivity index (χ3v) is 7.69. The Morgan fingerprint density at radius 3 is 1.36 bits per heavy atom. The van der Waals surface area contributed by atoms with Crippen molar-refractivity contribution in [2.45, 2.75) is 12.6 Å². The summed E-state index contributed by atoms with van der Waals surface area (Å²) in [6.07, 6.45) is -1.30. The fourth-order valence-electron chi connectivity index (χ4n) is 4.46. The highest BCUT2D eigenvalue weighted by Gasteiger charge is 2.29. The molecule has 0 aliphatic heterocycles. The molecule has 6 nitrogen and oxygen atoms in total. The first-order chi connectivity index (χ1) is 17.5. The maximum Gasteiger partial charge on any atom is 0.187 e. The van der Waals surface area contributed by atoms with Crippen LogP contribution in [0.5, 0.6) is 0 Å². The number of fused-ring (bicyclic) bond motifs is 2. The molecule has 0 fully saturated rings. The van der Waals surface area contributed by atoms with Crippen molar-refractivity contribution in [1.29, 1.82) is 0 Å². The van der Waals surface area contributed by atoms with E-state index in [1.807, 2.05) is 24.3 Å². The number of ether oxygens (including phenoxy) is 6. The maximum absolute atomic E-state index is 6.02. The molecule has 36 heavy (non-hydrogen) atoms. The van der Waals surface area contributed by atoms with Gasteiger partial charge in [0.1, 0.15) is 13.6 Å². The van der Waals surface area contributed by atoms with Gasteiger partial charge in [-0.15, -0.1) is 0 Å². The first-order valence-electron chi connectivity index (χ1n) is 11.2. The van der Waals surface area contributed by atoms with E-state index < -0.39 is 12.6 Å². The molecule has 2 atom stereocenters. The quantitative estimate of drug-likeness (QED) is 0.119. The topological polar surface area (TPSA) is 55.4 Å². The van der Waals surface area contributed by atoms with E-state index in [9.17, 15) is 0 Å². The van der Waals surface area contributed by atoms with Crippen molar-refractivity contribution in [2.75, 3.05) is 42.0 Å². The van der Waals surface area contributed by atoms with Crippen LogP contribution >= 0.6 is 45.2 Å². The molecule has 0 radical (unpaired) electrons. The zero-order valence-electron chi connectivity index (χ0n) is 20.5. The van der Waals surface area contributed by atoms with E-state index in [2.05, 4.69) is 81.6 Å². The lowest BCUT2D eigenvalue weighted by Crippen LogP contribution is -2.15. The van der Waals surface area contributed by atoms with Gasteiger partial charge in [0.05, 0.1) is 0 Å². The second-order valence-electron chi connectivity index (χ2n) is 8.02. The number of methoxy groups -OCH3 is 4. The summed E-state index contributed by atoms with van der Waals surface area (Å²) in [6.45, 7) is 0.191. The molecule has 4 aromatic carbocycles. The molecule has 0 amide bonds. The molecule has 0 aliphatic carbocycles. The number of benzene rings is 4. The highest BCUT2D eigenvalue weighted by Crippen LogP contribution is 2.47. The third kappa shape index (κ3) is 5.56. The van der Waals surface area contributed by atoms with E-state index in [0.717, 1.165) is 50.9 Å². The van der Waals surface area contributed by atoms with Crippen LogP contribution in [-0.4, -0.2) is 42.0 Å². The standard InChI is InChI=1S/C28H28I2O6/c1-31-15-35-27(33-3)25-21(29)13-17-9-5-7-11-19(17)23(25)24-20-12-8-6-10-18(20)14-22(30)26(24)28(34-4)36-16-32-2/h5-14,27-28H,15-16H2,1-4H3/t27-,28?/m0/s1. The van der Waals surface area contributed by atoms with E-state index >= 15 is 0 Å². The Hall–Kier alpha value is -1.38. The van der Waals surface area contributed by atoms with Gasteiger partial charge in [0.15, 0.2) is 12.6 Å². The molecule has 0 N–H and O–H groups in total. The average molecular weight is 714 g/mol. The summed E-state index contributed by atoms with van der Waals surface area (Å²) in [4.78, 5) is 0. The predicted octanol–water partition coefficient (Wildman–Crippen LogP) is 7.40. The molecule has 190 valence electrons. The average Bonchev–Trinajstić information content (AvgIpc) is 2.89. The van der Waals surface area contributed by atoms with Crippen LogP contribution in [0.15, 0.2) is 60.7 Å². The van der Waals surface area contributed by atoms with Gasteiger partial charge in [-0.25, -0.2) is 0 Å². The van der Waals surface area contributed by atoms with Crippen LogP contribution in [0.25, 0.3) is 32.7 Å². The van der Waals surface area contributed by atoms with E-state index in [1.54, 1.807) is 28.4 Å². The van der Waals surface area contributed by atoms with Crippen LogP contribution < -0.4 is 0 Å². The van der Waals surface area contributed by atoms with Gasteiger partial charge >= 0.3 is 0 Å². The van der Waals surface area contributed by atoms with E-state index in [0.29, 0.717) is 0 Å². The summed E-state index contributed by atoms with van der Waals surface area (Å²) < 4.78 is 36.3. The second kappa shape index (κ2) is 12.9. The highest BCUT2D eigenvalue weighted by atomic mass is 127. The molecular formula is C28H28I2O6. The summed E-state index contributed by atoms with van der Waals surface area (Å²) in [5.41, 5.74) is 3.86. The highest BCUT2D eigenvalue weighted by molar-refractivity contribution is 14.1. The van der Waals surface area contributed by atoms with E-state index in [-0.39, 0.29) is 13.6 Å². The third-order valence-electron chi connectivity index (χ3n) is 5.90. The van der Waals surface area contributed by atoms with Crippen LogP contribution in [0.2, 0.25) is 0 Å². The minimum absolute atomic E-state index is 0.0957. The number of rotatable bonds is 11. The summed E-state index contributed by atoms with van der Waals surface area (Å²) in [5, 5.41) is 4.38. The molecule has 1 unspecified atom stereocenters. The minimum atomic E-state index is -0.651. The molecule has 0 aromatic heterocycles. The van der Waals surface area contributed by atoms with Crippen LogP contribution in [-0.2, 0) is 28.4 Å². The first-order valence-corrected chi connectivity index (χ1v) is 13.4. The Balaban J connectivity index is 2.18. The van der Waals surface area contributed by atoms with Crippen LogP contribution in [0, 0.1) is 7.14 Å². The Morgan fingerprint density at radius 2 is 1.00 bits per heavy atom. The van der Waals surface area contributed by atoms with Crippen molar-refractivity contribution in [1.82, 2.24) is 0 Å². The number of halogens is 2. The summed E-state index contributed by atoms with van der Waals surface area (Å²) in [6, 6.07) is 21.0. The zero-order valence-corrected chi connectivity index (χ0v) is 24.9. The molecule has 4 rings (SSSR count). The Bertz CT molecular complexity index is 1240. The molecule has 0 bridgehead atoms. The lowest BCUT2D eigenvalue weighted by Gasteiger charge is -2.27. The van der Waals surface area contributed by atoms with Gasteiger partial charge in [0, 0.05) is 46.7 Å². The first kappa shape index (κ1) is 27.6. The number of hydrogen-bond acceptors (Lipinski definition) is 6. The van der Waals surface area contributed by atoms with Crippen molar-refractivity contribution in [3.8, 4) is 11.1 Å². The normalized spacial score (nSPS) is 13.4. The smallest absolute Gasteiger partial charge is 0.187 e. The molecular weight excluding hydrogens is 686 g/mol. The molecule has 0 saturated carbocycles. The van der Waals surface area contributed by atoms with E-state index in [4.69, 9.17) is 28.4 Å². The van der Waals surface area contributed by atoms with Crippen molar-refractivity contribution in [3.63, 3.8) is 0 Å². The van der Waals surface area contributed by atoms with Crippen molar-refractivity contribution < 1.29 is 28.4 Å². The van der Waals surface area contributed by atoms with Gasteiger partial charge in [-0.3, -0.25) is 0 Å². The van der Waals surface area contributed by atoms with Gasteiger partial charge in [-0.1, -0.05) is 48.5 Å². The Kier molecular flexibility index (Phi) is 9.92. The lowest BCUT2D eigenvalue weighted by molar-refractivity contribution is -0.181. The molecule has 0 heterocycles. The van der Waals surface area contributed by atoms with Crippen molar-refractivity contribution in [3.05, 3.63) is 78.9 Å². The molecule has 0 aliphatic rings. The minimum Gasteiger partial charge on any atom is -0.359 e. The lowest BCUT2D eigenvalue weighted by atomic mass is 9.86.